The molecule has 4 N–H and O–H groups in total. The Kier molecular flexibility index (Phi) is 9.05. The molecule has 0 aliphatic carbocycles. The van der Waals surface area contributed by atoms with E-state index in [1.54, 1.807) is 25.5 Å². The Hall–Kier alpha value is -3.16. The van der Waals surface area contributed by atoms with Crippen molar-refractivity contribution in [2.45, 2.75) is 52.6 Å². The average Bonchev–Trinajstić information content (AvgIpc) is 2.71. The molecule has 2 rings (SSSR count). The molecule has 162 valence electrons. The van der Waals surface area contributed by atoms with E-state index in [1.807, 2.05) is 32.9 Å². The fourth-order valence-corrected chi connectivity index (χ4v) is 2.93. The summed E-state index contributed by atoms with van der Waals surface area (Å²) in [5.41, 5.74) is 3.50. The van der Waals surface area contributed by atoms with E-state index in [9.17, 15) is 9.59 Å². The minimum atomic E-state index is -0.187. The normalized spacial score (nSPS) is 10.6. The molecule has 8 nitrogen and oxygen atoms in total. The summed E-state index contributed by atoms with van der Waals surface area (Å²) in [5, 5.41) is 11.6. The molecule has 8 heteroatoms. The van der Waals surface area contributed by atoms with Crippen molar-refractivity contribution in [1.82, 2.24) is 25.9 Å². The number of rotatable bonds is 10. The molecule has 0 saturated carbocycles. The largest absolute Gasteiger partial charge is 0.367 e. The summed E-state index contributed by atoms with van der Waals surface area (Å²) in [5.74, 6) is 0.443. The first-order valence-corrected chi connectivity index (χ1v) is 10.3. The number of nitrogens with zero attached hydrogens (tertiary/aromatic N) is 2. The number of carbonyl (C=O) groups is 2. The van der Waals surface area contributed by atoms with Crippen molar-refractivity contribution in [3.05, 3.63) is 53.0 Å². The maximum Gasteiger partial charge on any atom is 0.315 e. The molecule has 0 aromatic carbocycles. The van der Waals surface area contributed by atoms with Crippen LogP contribution >= 0.6 is 0 Å². The lowest BCUT2D eigenvalue weighted by atomic mass is 10.1. The fraction of sp³-hybridized carbons (Fsp3) is 0.455. The molecule has 0 aliphatic rings. The maximum absolute atomic E-state index is 12.0. The molecular formula is C22H32N6O2. The topological polar surface area (TPSA) is 108 Å². The maximum atomic E-state index is 12.0. The summed E-state index contributed by atoms with van der Waals surface area (Å²) in [4.78, 5) is 32.6. The third-order valence-electron chi connectivity index (χ3n) is 4.38. The number of aromatic nitrogens is 2. The van der Waals surface area contributed by atoms with Crippen molar-refractivity contribution in [1.29, 1.82) is 0 Å². The minimum absolute atomic E-state index is 0.158. The highest BCUT2D eigenvalue weighted by atomic mass is 16.2. The molecule has 0 radical (unpaired) electrons. The smallest absolute Gasteiger partial charge is 0.315 e. The van der Waals surface area contributed by atoms with Crippen molar-refractivity contribution in [2.24, 2.45) is 0 Å². The molecule has 0 atom stereocenters. The van der Waals surface area contributed by atoms with Crippen molar-refractivity contribution >= 4 is 17.8 Å². The molecule has 0 unspecified atom stereocenters. The Morgan fingerprint density at radius 2 is 1.90 bits per heavy atom. The molecule has 0 aliphatic heterocycles. The van der Waals surface area contributed by atoms with Gasteiger partial charge in [-0.25, -0.2) is 9.78 Å². The van der Waals surface area contributed by atoms with Crippen LogP contribution in [0, 0.1) is 6.92 Å². The Morgan fingerprint density at radius 3 is 2.60 bits per heavy atom. The number of unbranched alkanes of at least 4 members (excludes halogenated alkanes) is 1. The van der Waals surface area contributed by atoms with E-state index in [2.05, 4.69) is 31.2 Å². The van der Waals surface area contributed by atoms with Crippen LogP contribution in [-0.2, 0) is 13.0 Å². The summed E-state index contributed by atoms with van der Waals surface area (Å²) in [7, 11) is 1.61. The van der Waals surface area contributed by atoms with Gasteiger partial charge in [-0.1, -0.05) is 6.07 Å². The van der Waals surface area contributed by atoms with E-state index in [4.69, 9.17) is 0 Å². The fourth-order valence-electron chi connectivity index (χ4n) is 2.93. The third kappa shape index (κ3) is 7.69. The third-order valence-corrected chi connectivity index (χ3v) is 4.38. The molecule has 0 spiro atoms. The number of hydrogen-bond acceptors (Lipinski definition) is 5. The lowest BCUT2D eigenvalue weighted by Crippen LogP contribution is -2.35. The van der Waals surface area contributed by atoms with Gasteiger partial charge in [-0.15, -0.1) is 0 Å². The van der Waals surface area contributed by atoms with Crippen LogP contribution in [-0.4, -0.2) is 41.5 Å². The van der Waals surface area contributed by atoms with Crippen LogP contribution in [0.3, 0.4) is 0 Å². The molecule has 3 amide bonds. The SMILES string of the molecule is CNC(=O)c1ccc(CCCCNC(=O)NCc2cncc(C)c2)nc1NC(C)C. The Balaban J connectivity index is 1.74. The van der Waals surface area contributed by atoms with E-state index in [1.165, 1.54) is 0 Å². The standard InChI is InChI=1S/C22H32N6O2/c1-15(2)27-20-19(21(29)23-4)9-8-18(28-20)7-5-6-10-25-22(30)26-14-17-11-16(3)12-24-13-17/h8-9,11-13,15H,5-7,10,14H2,1-4H3,(H,23,29)(H,27,28)(H2,25,26,30). The summed E-state index contributed by atoms with van der Waals surface area (Å²) >= 11 is 0. The zero-order valence-electron chi connectivity index (χ0n) is 18.2. The number of urea groups is 1. The lowest BCUT2D eigenvalue weighted by Gasteiger charge is -2.14. The van der Waals surface area contributed by atoms with Crippen LogP contribution in [0.15, 0.2) is 30.6 Å². The number of carbonyl (C=O) groups excluding carboxylic acids is 2. The van der Waals surface area contributed by atoms with E-state index in [-0.39, 0.29) is 18.0 Å². The van der Waals surface area contributed by atoms with Gasteiger partial charge < -0.3 is 21.3 Å². The Morgan fingerprint density at radius 1 is 1.10 bits per heavy atom. The van der Waals surface area contributed by atoms with E-state index < -0.39 is 0 Å². The second-order valence-corrected chi connectivity index (χ2v) is 7.51. The van der Waals surface area contributed by atoms with Crippen LogP contribution in [0.1, 0.15) is 53.9 Å². The van der Waals surface area contributed by atoms with Gasteiger partial charge in [0.2, 0.25) is 0 Å². The number of hydrogen-bond donors (Lipinski definition) is 4. The lowest BCUT2D eigenvalue weighted by molar-refractivity contribution is 0.0963. The first-order chi connectivity index (χ1) is 14.4. The molecule has 2 aromatic heterocycles. The summed E-state index contributed by atoms with van der Waals surface area (Å²) < 4.78 is 0. The Bertz CT molecular complexity index is 853. The number of nitrogens with one attached hydrogen (secondary N) is 4. The second-order valence-electron chi connectivity index (χ2n) is 7.51. The molecule has 0 bridgehead atoms. The quantitative estimate of drug-likeness (QED) is 0.449. The summed E-state index contributed by atoms with van der Waals surface area (Å²) in [6.45, 7) is 7.03. The van der Waals surface area contributed by atoms with Gasteiger partial charge in [0.15, 0.2) is 0 Å². The van der Waals surface area contributed by atoms with E-state index >= 15 is 0 Å². The van der Waals surface area contributed by atoms with Crippen molar-refractivity contribution < 1.29 is 9.59 Å². The second kappa shape index (κ2) is 11.7. The van der Waals surface area contributed by atoms with E-state index in [0.29, 0.717) is 24.5 Å². The van der Waals surface area contributed by atoms with Gasteiger partial charge in [-0.3, -0.25) is 9.78 Å². The van der Waals surface area contributed by atoms with Crippen LogP contribution in [0.2, 0.25) is 0 Å². The predicted molar refractivity (Wildman–Crippen MR) is 119 cm³/mol. The number of aryl methyl sites for hydroxylation is 2. The molecule has 30 heavy (non-hydrogen) atoms. The van der Waals surface area contributed by atoms with Crippen LogP contribution in [0.5, 0.6) is 0 Å². The summed E-state index contributed by atoms with van der Waals surface area (Å²) in [6, 6.07) is 5.67. The molecule has 0 saturated heterocycles. The van der Waals surface area contributed by atoms with Crippen molar-refractivity contribution in [3.8, 4) is 0 Å². The van der Waals surface area contributed by atoms with Gasteiger partial charge in [0.1, 0.15) is 5.82 Å². The summed E-state index contributed by atoms with van der Waals surface area (Å²) in [6.07, 6.45) is 6.03. The first-order valence-electron chi connectivity index (χ1n) is 10.3. The zero-order chi connectivity index (χ0) is 21.9. The van der Waals surface area contributed by atoms with Crippen LogP contribution < -0.4 is 21.3 Å². The van der Waals surface area contributed by atoms with Crippen LogP contribution in [0.4, 0.5) is 10.6 Å². The van der Waals surface area contributed by atoms with Gasteiger partial charge in [0.05, 0.1) is 5.56 Å². The van der Waals surface area contributed by atoms with Gasteiger partial charge >= 0.3 is 6.03 Å². The highest BCUT2D eigenvalue weighted by molar-refractivity contribution is 5.98. The minimum Gasteiger partial charge on any atom is -0.367 e. The zero-order valence-corrected chi connectivity index (χ0v) is 18.2. The molecular weight excluding hydrogens is 380 g/mol. The van der Waals surface area contributed by atoms with Gasteiger partial charge in [0, 0.05) is 44.3 Å². The predicted octanol–water partition coefficient (Wildman–Crippen LogP) is 2.79. The number of anilines is 1. The van der Waals surface area contributed by atoms with Crippen LogP contribution in [0.25, 0.3) is 0 Å². The van der Waals surface area contributed by atoms with Crippen molar-refractivity contribution in [2.75, 3.05) is 18.9 Å². The first kappa shape index (κ1) is 23.1. The highest BCUT2D eigenvalue weighted by Crippen LogP contribution is 2.16. The molecule has 0 fully saturated rings. The molecule has 2 aromatic rings. The highest BCUT2D eigenvalue weighted by Gasteiger charge is 2.13. The number of amides is 3. The number of pyridine rings is 2. The van der Waals surface area contributed by atoms with Gasteiger partial charge in [0.25, 0.3) is 5.91 Å². The van der Waals surface area contributed by atoms with Gasteiger partial charge in [-0.05, 0) is 63.3 Å². The Labute approximate surface area is 178 Å². The van der Waals surface area contributed by atoms with E-state index in [0.717, 1.165) is 36.1 Å². The average molecular weight is 413 g/mol. The monoisotopic (exact) mass is 412 g/mol. The molecule has 2 heterocycles. The van der Waals surface area contributed by atoms with Gasteiger partial charge in [-0.2, -0.15) is 0 Å². The van der Waals surface area contributed by atoms with Crippen molar-refractivity contribution in [3.63, 3.8) is 0 Å².